The minimum absolute atomic E-state index is 0.0314. The smallest absolute Gasteiger partial charge is 0.234 e. The van der Waals surface area contributed by atoms with Crippen LogP contribution in [0.3, 0.4) is 0 Å². The Bertz CT molecular complexity index is 735. The first kappa shape index (κ1) is 14.0. The lowest BCUT2D eigenvalue weighted by Gasteiger charge is -2.04. The Balaban J connectivity index is 1.59. The third-order valence-electron chi connectivity index (χ3n) is 2.81. The molecule has 0 saturated carbocycles. The van der Waals surface area contributed by atoms with Crippen molar-refractivity contribution in [2.45, 2.75) is 11.3 Å². The van der Waals surface area contributed by atoms with Crippen molar-refractivity contribution in [3.05, 3.63) is 48.2 Å². The van der Waals surface area contributed by atoms with Crippen LogP contribution >= 0.6 is 23.1 Å². The topological polar surface area (TPSA) is 54.9 Å². The molecule has 0 saturated heterocycles. The van der Waals surface area contributed by atoms with E-state index in [1.54, 1.807) is 17.5 Å². The Morgan fingerprint density at radius 2 is 2.10 bits per heavy atom. The number of anilines is 1. The van der Waals surface area contributed by atoms with E-state index in [9.17, 15) is 4.79 Å². The lowest BCUT2D eigenvalue weighted by Crippen LogP contribution is -2.13. The van der Waals surface area contributed by atoms with Gasteiger partial charge in [-0.3, -0.25) is 4.79 Å². The van der Waals surface area contributed by atoms with E-state index in [4.69, 9.17) is 0 Å². The van der Waals surface area contributed by atoms with Crippen LogP contribution in [0.15, 0.2) is 46.9 Å². The summed E-state index contributed by atoms with van der Waals surface area (Å²) in [4.78, 5) is 20.5. The zero-order valence-electron chi connectivity index (χ0n) is 11.4. The molecule has 0 aliphatic rings. The standard InChI is InChI=1S/C15H13N3OS2/c1-10-4-6-11(7-5-10)17-13(19)9-20-15-18-14-12(21-15)3-2-8-16-14/h2-8H,9H2,1H3,(H,17,19). The van der Waals surface area contributed by atoms with Crippen molar-refractivity contribution in [2.24, 2.45) is 0 Å². The molecule has 21 heavy (non-hydrogen) atoms. The van der Waals surface area contributed by atoms with Crippen LogP contribution in [-0.2, 0) is 4.79 Å². The summed E-state index contributed by atoms with van der Waals surface area (Å²) in [5, 5.41) is 2.87. The molecule has 0 atom stereocenters. The number of aryl methyl sites for hydroxylation is 1. The van der Waals surface area contributed by atoms with E-state index in [0.29, 0.717) is 5.75 Å². The molecule has 0 aliphatic carbocycles. The van der Waals surface area contributed by atoms with Gasteiger partial charge in [0.05, 0.1) is 10.5 Å². The number of thiazole rings is 1. The van der Waals surface area contributed by atoms with Gasteiger partial charge in [-0.2, -0.15) is 0 Å². The fourth-order valence-corrected chi connectivity index (χ4v) is 3.59. The Kier molecular flexibility index (Phi) is 4.17. The van der Waals surface area contributed by atoms with E-state index < -0.39 is 0 Å². The number of rotatable bonds is 4. The lowest BCUT2D eigenvalue weighted by atomic mass is 10.2. The minimum Gasteiger partial charge on any atom is -0.325 e. The molecule has 6 heteroatoms. The molecule has 106 valence electrons. The summed E-state index contributed by atoms with van der Waals surface area (Å²) in [5.74, 6) is 0.310. The van der Waals surface area contributed by atoms with Gasteiger partial charge in [-0.1, -0.05) is 29.5 Å². The predicted octanol–water partition coefficient (Wildman–Crippen LogP) is 3.73. The molecule has 1 aromatic carbocycles. The van der Waals surface area contributed by atoms with Gasteiger partial charge in [0.1, 0.15) is 0 Å². The minimum atomic E-state index is -0.0314. The summed E-state index contributed by atoms with van der Waals surface area (Å²) in [6, 6.07) is 11.6. The predicted molar refractivity (Wildman–Crippen MR) is 87.9 cm³/mol. The SMILES string of the molecule is Cc1ccc(NC(=O)CSc2nc3ncccc3s2)cc1. The highest BCUT2D eigenvalue weighted by Gasteiger charge is 2.08. The van der Waals surface area contributed by atoms with Crippen LogP contribution in [0.2, 0.25) is 0 Å². The van der Waals surface area contributed by atoms with Crippen molar-refractivity contribution in [3.63, 3.8) is 0 Å². The van der Waals surface area contributed by atoms with Crippen LogP contribution < -0.4 is 5.32 Å². The average Bonchev–Trinajstić information content (AvgIpc) is 2.90. The number of fused-ring (bicyclic) bond motifs is 1. The number of pyridine rings is 1. The Morgan fingerprint density at radius 3 is 2.86 bits per heavy atom. The molecule has 0 spiro atoms. The van der Waals surface area contributed by atoms with Gasteiger partial charge >= 0.3 is 0 Å². The first-order chi connectivity index (χ1) is 10.2. The fourth-order valence-electron chi connectivity index (χ4n) is 1.77. The van der Waals surface area contributed by atoms with E-state index in [1.807, 2.05) is 43.3 Å². The molecule has 2 heterocycles. The first-order valence-electron chi connectivity index (χ1n) is 6.41. The highest BCUT2D eigenvalue weighted by atomic mass is 32.2. The number of carbonyl (C=O) groups is 1. The fraction of sp³-hybridized carbons (Fsp3) is 0.133. The second-order valence-corrected chi connectivity index (χ2v) is 6.76. The van der Waals surface area contributed by atoms with Crippen molar-refractivity contribution in [3.8, 4) is 0 Å². The van der Waals surface area contributed by atoms with E-state index in [1.165, 1.54) is 17.3 Å². The molecule has 1 N–H and O–H groups in total. The van der Waals surface area contributed by atoms with Crippen LogP contribution in [-0.4, -0.2) is 21.6 Å². The highest BCUT2D eigenvalue weighted by Crippen LogP contribution is 2.28. The summed E-state index contributed by atoms with van der Waals surface area (Å²) < 4.78 is 1.90. The summed E-state index contributed by atoms with van der Waals surface area (Å²) in [7, 11) is 0. The summed E-state index contributed by atoms with van der Waals surface area (Å²) in [6.07, 6.45) is 1.72. The number of hydrogen-bond acceptors (Lipinski definition) is 5. The van der Waals surface area contributed by atoms with Crippen LogP contribution in [0.4, 0.5) is 5.69 Å². The normalized spacial score (nSPS) is 10.7. The summed E-state index contributed by atoms with van der Waals surface area (Å²) in [5.41, 5.74) is 2.73. The van der Waals surface area contributed by atoms with Gasteiger partial charge in [-0.15, -0.1) is 11.3 Å². The largest absolute Gasteiger partial charge is 0.325 e. The van der Waals surface area contributed by atoms with Crippen LogP contribution in [0.25, 0.3) is 10.3 Å². The van der Waals surface area contributed by atoms with Crippen LogP contribution in [0.5, 0.6) is 0 Å². The molecule has 0 bridgehead atoms. The number of aromatic nitrogens is 2. The van der Waals surface area contributed by atoms with Crippen molar-refractivity contribution < 1.29 is 4.79 Å². The Hall–Kier alpha value is -1.92. The molecule has 0 aliphatic heterocycles. The van der Waals surface area contributed by atoms with Crippen molar-refractivity contribution in [2.75, 3.05) is 11.1 Å². The van der Waals surface area contributed by atoms with E-state index in [-0.39, 0.29) is 5.91 Å². The van der Waals surface area contributed by atoms with Crippen molar-refractivity contribution >= 4 is 45.0 Å². The lowest BCUT2D eigenvalue weighted by molar-refractivity contribution is -0.113. The number of hydrogen-bond donors (Lipinski definition) is 1. The van der Waals surface area contributed by atoms with Crippen LogP contribution in [0.1, 0.15) is 5.56 Å². The van der Waals surface area contributed by atoms with E-state index in [0.717, 1.165) is 20.4 Å². The van der Waals surface area contributed by atoms with Gasteiger partial charge in [-0.05, 0) is 31.2 Å². The third kappa shape index (κ3) is 3.59. The molecule has 0 unspecified atom stereocenters. The molecule has 0 radical (unpaired) electrons. The van der Waals surface area contributed by atoms with Crippen molar-refractivity contribution in [1.82, 2.24) is 9.97 Å². The van der Waals surface area contributed by atoms with Gasteiger partial charge in [0.15, 0.2) is 9.99 Å². The third-order valence-corrected chi connectivity index (χ3v) is 4.96. The van der Waals surface area contributed by atoms with Crippen LogP contribution in [0, 0.1) is 6.92 Å². The van der Waals surface area contributed by atoms with Gasteiger partial charge in [0, 0.05) is 11.9 Å². The second kappa shape index (κ2) is 6.24. The number of thioether (sulfide) groups is 1. The maximum Gasteiger partial charge on any atom is 0.234 e. The summed E-state index contributed by atoms with van der Waals surface area (Å²) >= 11 is 2.99. The molecule has 3 aromatic rings. The van der Waals surface area contributed by atoms with E-state index in [2.05, 4.69) is 15.3 Å². The number of nitrogens with zero attached hydrogens (tertiary/aromatic N) is 2. The molecule has 0 fully saturated rings. The highest BCUT2D eigenvalue weighted by molar-refractivity contribution is 8.01. The quantitative estimate of drug-likeness (QED) is 0.745. The Morgan fingerprint density at radius 1 is 1.29 bits per heavy atom. The Labute approximate surface area is 130 Å². The molecule has 1 amide bonds. The molecule has 3 rings (SSSR count). The summed E-state index contributed by atoms with van der Waals surface area (Å²) in [6.45, 7) is 2.02. The van der Waals surface area contributed by atoms with E-state index >= 15 is 0 Å². The average molecular weight is 315 g/mol. The molecule has 2 aromatic heterocycles. The zero-order chi connectivity index (χ0) is 14.7. The van der Waals surface area contributed by atoms with Gasteiger partial charge in [-0.25, -0.2) is 9.97 Å². The maximum absolute atomic E-state index is 11.9. The second-order valence-electron chi connectivity index (χ2n) is 4.51. The number of amides is 1. The van der Waals surface area contributed by atoms with Gasteiger partial charge in [0.2, 0.25) is 5.91 Å². The zero-order valence-corrected chi connectivity index (χ0v) is 13.0. The molecular weight excluding hydrogens is 302 g/mol. The monoisotopic (exact) mass is 315 g/mol. The number of benzene rings is 1. The number of carbonyl (C=O) groups excluding carboxylic acids is 1. The molecular formula is C15H13N3OS2. The maximum atomic E-state index is 11.9. The van der Waals surface area contributed by atoms with Gasteiger partial charge < -0.3 is 5.32 Å². The number of nitrogens with one attached hydrogen (secondary N) is 1. The first-order valence-corrected chi connectivity index (χ1v) is 8.22. The van der Waals surface area contributed by atoms with Crippen molar-refractivity contribution in [1.29, 1.82) is 0 Å². The van der Waals surface area contributed by atoms with Gasteiger partial charge in [0.25, 0.3) is 0 Å². The molecule has 4 nitrogen and oxygen atoms in total.